The summed E-state index contributed by atoms with van der Waals surface area (Å²) in [4.78, 5) is 25.0. The Morgan fingerprint density at radius 3 is 2.65 bits per heavy atom. The van der Waals surface area contributed by atoms with Crippen molar-refractivity contribution in [1.29, 1.82) is 0 Å². The van der Waals surface area contributed by atoms with Crippen molar-refractivity contribution >= 4 is 11.6 Å². The third kappa shape index (κ3) is 5.54. The number of imidazole rings is 1. The van der Waals surface area contributed by atoms with Crippen LogP contribution in [0.2, 0.25) is 0 Å². The Morgan fingerprint density at radius 1 is 1.06 bits per heavy atom. The van der Waals surface area contributed by atoms with E-state index in [9.17, 15) is 4.79 Å². The Kier molecular flexibility index (Phi) is 6.03. The van der Waals surface area contributed by atoms with Crippen molar-refractivity contribution < 1.29 is 9.53 Å². The van der Waals surface area contributed by atoms with E-state index in [0.29, 0.717) is 36.1 Å². The van der Waals surface area contributed by atoms with Gasteiger partial charge in [-0.25, -0.2) is 9.97 Å². The lowest BCUT2D eigenvalue weighted by Gasteiger charge is -2.09. The van der Waals surface area contributed by atoms with Gasteiger partial charge in [0.2, 0.25) is 11.8 Å². The second kappa shape index (κ2) is 9.21. The second-order valence-electron chi connectivity index (χ2n) is 7.25. The van der Waals surface area contributed by atoms with Gasteiger partial charge in [0.1, 0.15) is 23.7 Å². The SMILES string of the molecule is Cc1cccc(CCC(=O)Nc2ccc(Oc3cc(-n4ccnc4)nc(C)n3)cc2)c1. The highest BCUT2D eigenvalue weighted by Crippen LogP contribution is 2.23. The quantitative estimate of drug-likeness (QED) is 0.477. The van der Waals surface area contributed by atoms with Crippen LogP contribution in [0, 0.1) is 13.8 Å². The van der Waals surface area contributed by atoms with Crippen LogP contribution in [0.5, 0.6) is 11.6 Å². The van der Waals surface area contributed by atoms with Gasteiger partial charge in [0.15, 0.2) is 0 Å². The minimum Gasteiger partial charge on any atom is -0.439 e. The molecule has 0 unspecified atom stereocenters. The normalized spacial score (nSPS) is 10.6. The summed E-state index contributed by atoms with van der Waals surface area (Å²) in [5, 5.41) is 2.92. The van der Waals surface area contributed by atoms with Gasteiger partial charge in [0.05, 0.1) is 0 Å². The molecule has 0 aliphatic carbocycles. The molecule has 7 heteroatoms. The number of amides is 1. The number of hydrogen-bond donors (Lipinski definition) is 1. The van der Waals surface area contributed by atoms with Crippen LogP contribution in [0.3, 0.4) is 0 Å². The van der Waals surface area contributed by atoms with E-state index in [4.69, 9.17) is 4.74 Å². The van der Waals surface area contributed by atoms with Gasteiger partial charge in [0, 0.05) is 30.6 Å². The summed E-state index contributed by atoms with van der Waals surface area (Å²) in [5.41, 5.74) is 3.08. The van der Waals surface area contributed by atoms with E-state index in [-0.39, 0.29) is 5.91 Å². The fraction of sp³-hybridized carbons (Fsp3) is 0.167. The second-order valence-corrected chi connectivity index (χ2v) is 7.25. The first-order chi connectivity index (χ1) is 15.0. The van der Waals surface area contributed by atoms with E-state index in [0.717, 1.165) is 11.3 Å². The first-order valence-electron chi connectivity index (χ1n) is 10.0. The van der Waals surface area contributed by atoms with Crippen molar-refractivity contribution in [3.05, 3.63) is 90.3 Å². The molecule has 2 heterocycles. The smallest absolute Gasteiger partial charge is 0.224 e. The molecule has 7 nitrogen and oxygen atoms in total. The summed E-state index contributed by atoms with van der Waals surface area (Å²) in [6.07, 6.45) is 6.30. The van der Waals surface area contributed by atoms with Crippen molar-refractivity contribution in [2.24, 2.45) is 0 Å². The number of hydrogen-bond acceptors (Lipinski definition) is 5. The molecule has 2 aromatic carbocycles. The number of carbonyl (C=O) groups excluding carboxylic acids is 1. The van der Waals surface area contributed by atoms with Crippen LogP contribution in [-0.4, -0.2) is 25.4 Å². The van der Waals surface area contributed by atoms with E-state index >= 15 is 0 Å². The standard InChI is InChI=1S/C24H23N5O2/c1-17-4-3-5-19(14-17)6-11-23(30)28-20-7-9-21(10-8-20)31-24-15-22(26-18(2)27-24)29-13-12-25-16-29/h3-5,7-10,12-16H,6,11H2,1-2H3,(H,28,30). The van der Waals surface area contributed by atoms with E-state index in [1.165, 1.54) is 5.56 Å². The molecule has 0 fully saturated rings. The molecule has 0 radical (unpaired) electrons. The van der Waals surface area contributed by atoms with Crippen LogP contribution >= 0.6 is 0 Å². The number of nitrogens with one attached hydrogen (secondary N) is 1. The molecule has 2 aromatic heterocycles. The maximum absolute atomic E-state index is 12.3. The molecule has 0 atom stereocenters. The predicted octanol–water partition coefficient (Wildman–Crippen LogP) is 4.64. The highest BCUT2D eigenvalue weighted by Gasteiger charge is 2.07. The molecule has 0 saturated carbocycles. The molecule has 0 aliphatic heterocycles. The van der Waals surface area contributed by atoms with Gasteiger partial charge in [-0.3, -0.25) is 9.36 Å². The molecule has 0 aliphatic rings. The zero-order valence-corrected chi connectivity index (χ0v) is 17.4. The van der Waals surface area contributed by atoms with Gasteiger partial charge >= 0.3 is 0 Å². The topological polar surface area (TPSA) is 81.9 Å². The van der Waals surface area contributed by atoms with E-state index < -0.39 is 0 Å². The van der Waals surface area contributed by atoms with Crippen molar-refractivity contribution in [2.75, 3.05) is 5.32 Å². The van der Waals surface area contributed by atoms with Crippen molar-refractivity contribution in [1.82, 2.24) is 19.5 Å². The molecule has 31 heavy (non-hydrogen) atoms. The molecule has 0 spiro atoms. The minimum atomic E-state index is -0.0217. The molecular weight excluding hydrogens is 390 g/mol. The number of nitrogens with zero attached hydrogens (tertiary/aromatic N) is 4. The number of aryl methyl sites for hydroxylation is 3. The maximum atomic E-state index is 12.3. The molecule has 4 rings (SSSR count). The number of benzene rings is 2. The van der Waals surface area contributed by atoms with Crippen LogP contribution in [0.25, 0.3) is 5.82 Å². The fourth-order valence-corrected chi connectivity index (χ4v) is 3.18. The van der Waals surface area contributed by atoms with E-state index in [1.54, 1.807) is 35.3 Å². The zero-order valence-electron chi connectivity index (χ0n) is 17.4. The van der Waals surface area contributed by atoms with Gasteiger partial charge in [-0.2, -0.15) is 4.98 Å². The van der Waals surface area contributed by atoms with Crippen molar-refractivity contribution in [3.8, 4) is 17.4 Å². The third-order valence-electron chi connectivity index (χ3n) is 4.65. The highest BCUT2D eigenvalue weighted by atomic mass is 16.5. The Labute approximate surface area is 180 Å². The Balaban J connectivity index is 1.36. The molecule has 0 saturated heterocycles. The first-order valence-corrected chi connectivity index (χ1v) is 10.0. The molecule has 1 amide bonds. The van der Waals surface area contributed by atoms with Crippen molar-refractivity contribution in [3.63, 3.8) is 0 Å². The van der Waals surface area contributed by atoms with Gasteiger partial charge in [-0.05, 0) is 50.1 Å². The van der Waals surface area contributed by atoms with Gasteiger partial charge in [0.25, 0.3) is 0 Å². The summed E-state index contributed by atoms with van der Waals surface area (Å²) < 4.78 is 7.67. The Morgan fingerprint density at radius 2 is 1.90 bits per heavy atom. The lowest BCUT2D eigenvalue weighted by atomic mass is 10.1. The predicted molar refractivity (Wildman–Crippen MR) is 119 cm³/mol. The molecule has 156 valence electrons. The zero-order chi connectivity index (χ0) is 21.6. The lowest BCUT2D eigenvalue weighted by Crippen LogP contribution is -2.12. The van der Waals surface area contributed by atoms with E-state index in [1.807, 2.05) is 37.4 Å². The van der Waals surface area contributed by atoms with Crippen molar-refractivity contribution in [2.45, 2.75) is 26.7 Å². The molecule has 4 aromatic rings. The average Bonchev–Trinajstić information content (AvgIpc) is 3.28. The van der Waals surface area contributed by atoms with Crippen LogP contribution in [0.4, 0.5) is 5.69 Å². The number of ether oxygens (including phenoxy) is 1. The van der Waals surface area contributed by atoms with Crippen LogP contribution in [0.1, 0.15) is 23.4 Å². The number of rotatable bonds is 7. The molecule has 1 N–H and O–H groups in total. The fourth-order valence-electron chi connectivity index (χ4n) is 3.18. The van der Waals surface area contributed by atoms with Crippen LogP contribution in [0.15, 0.2) is 73.3 Å². The molecular formula is C24H23N5O2. The highest BCUT2D eigenvalue weighted by molar-refractivity contribution is 5.90. The van der Waals surface area contributed by atoms with E-state index in [2.05, 4.69) is 39.3 Å². The monoisotopic (exact) mass is 413 g/mol. The number of anilines is 1. The van der Waals surface area contributed by atoms with Crippen LogP contribution in [-0.2, 0) is 11.2 Å². The Hall–Kier alpha value is -4.00. The van der Waals surface area contributed by atoms with Crippen LogP contribution < -0.4 is 10.1 Å². The molecule has 0 bridgehead atoms. The summed E-state index contributed by atoms with van der Waals surface area (Å²) in [6.45, 7) is 3.86. The third-order valence-corrected chi connectivity index (χ3v) is 4.65. The lowest BCUT2D eigenvalue weighted by molar-refractivity contribution is -0.116. The summed E-state index contributed by atoms with van der Waals surface area (Å²) in [7, 11) is 0. The average molecular weight is 413 g/mol. The Bertz CT molecular complexity index is 1170. The summed E-state index contributed by atoms with van der Waals surface area (Å²) >= 11 is 0. The van der Waals surface area contributed by atoms with Gasteiger partial charge in [-0.15, -0.1) is 0 Å². The maximum Gasteiger partial charge on any atom is 0.224 e. The van der Waals surface area contributed by atoms with Gasteiger partial charge < -0.3 is 10.1 Å². The minimum absolute atomic E-state index is 0.0217. The summed E-state index contributed by atoms with van der Waals surface area (Å²) in [6, 6.07) is 17.2. The van der Waals surface area contributed by atoms with Gasteiger partial charge in [-0.1, -0.05) is 29.8 Å². The number of aromatic nitrogens is 4. The summed E-state index contributed by atoms with van der Waals surface area (Å²) in [5.74, 6) is 2.31. The largest absolute Gasteiger partial charge is 0.439 e. The first kappa shape index (κ1) is 20.3. The number of carbonyl (C=O) groups is 1.